The van der Waals surface area contributed by atoms with Crippen molar-refractivity contribution in [1.82, 2.24) is 5.01 Å². The molecule has 25 heavy (non-hydrogen) atoms. The van der Waals surface area contributed by atoms with Gasteiger partial charge in [-0.3, -0.25) is 4.79 Å². The molecule has 0 aromatic heterocycles. The second-order valence-corrected chi connectivity index (χ2v) is 6.57. The minimum absolute atomic E-state index is 0.288. The molecule has 1 amide bonds. The molecule has 0 atom stereocenters. The average molecular weight is 399 g/mol. The number of nitrogens with one attached hydrogen (secondary N) is 1. The quantitative estimate of drug-likeness (QED) is 0.528. The van der Waals surface area contributed by atoms with Crippen molar-refractivity contribution in [3.63, 3.8) is 0 Å². The van der Waals surface area contributed by atoms with Crippen molar-refractivity contribution in [2.24, 2.45) is 5.10 Å². The lowest BCUT2D eigenvalue weighted by molar-refractivity contribution is 0.0799. The largest absolute Gasteiger partial charge is 0.388 e. The standard InChI is InChI=1S/C18H18Cl3N3O/c1-4-16(14-9-11(19)6-8-17(14)22-2)23-24(3)18(25)13-7-5-12(20)10-15(13)21/h5-10,22H,4H2,1-3H3/b23-16+. The molecular weight excluding hydrogens is 381 g/mol. The highest BCUT2D eigenvalue weighted by atomic mass is 35.5. The first-order valence-corrected chi connectivity index (χ1v) is 8.79. The molecule has 0 aliphatic rings. The first-order valence-electron chi connectivity index (χ1n) is 7.65. The zero-order valence-corrected chi connectivity index (χ0v) is 16.4. The van der Waals surface area contributed by atoms with Crippen molar-refractivity contribution in [1.29, 1.82) is 0 Å². The van der Waals surface area contributed by atoms with Crippen molar-refractivity contribution in [3.8, 4) is 0 Å². The smallest absolute Gasteiger partial charge is 0.275 e. The molecule has 2 aromatic carbocycles. The number of hydrogen-bond donors (Lipinski definition) is 1. The van der Waals surface area contributed by atoms with E-state index in [1.54, 1.807) is 25.2 Å². The minimum atomic E-state index is -0.319. The van der Waals surface area contributed by atoms with E-state index in [0.717, 1.165) is 17.0 Å². The number of anilines is 1. The molecule has 0 saturated carbocycles. The highest BCUT2D eigenvalue weighted by Gasteiger charge is 2.17. The Labute approximate surface area is 162 Å². The summed E-state index contributed by atoms with van der Waals surface area (Å²) in [6.07, 6.45) is 0.626. The Morgan fingerprint density at radius 1 is 1.08 bits per heavy atom. The summed E-state index contributed by atoms with van der Waals surface area (Å²) in [5.74, 6) is -0.319. The van der Waals surface area contributed by atoms with Crippen molar-refractivity contribution in [2.45, 2.75) is 13.3 Å². The summed E-state index contributed by atoms with van der Waals surface area (Å²) in [4.78, 5) is 12.6. The molecule has 2 rings (SSSR count). The van der Waals surface area contributed by atoms with Gasteiger partial charge in [-0.2, -0.15) is 5.10 Å². The summed E-state index contributed by atoms with van der Waals surface area (Å²) in [7, 11) is 3.41. The number of halogens is 3. The predicted molar refractivity (Wildman–Crippen MR) is 106 cm³/mol. The topological polar surface area (TPSA) is 44.7 Å². The summed E-state index contributed by atoms with van der Waals surface area (Å²) in [6.45, 7) is 1.97. The molecule has 0 bridgehead atoms. The van der Waals surface area contributed by atoms with Gasteiger partial charge in [-0.25, -0.2) is 5.01 Å². The van der Waals surface area contributed by atoms with Gasteiger partial charge in [-0.1, -0.05) is 41.7 Å². The van der Waals surface area contributed by atoms with E-state index in [1.807, 2.05) is 26.1 Å². The predicted octanol–water partition coefficient (Wildman–Crippen LogP) is 5.57. The summed E-state index contributed by atoms with van der Waals surface area (Å²) in [6, 6.07) is 10.2. The average Bonchev–Trinajstić information content (AvgIpc) is 2.58. The minimum Gasteiger partial charge on any atom is -0.388 e. The van der Waals surface area contributed by atoms with Crippen LogP contribution in [0.15, 0.2) is 41.5 Å². The monoisotopic (exact) mass is 397 g/mol. The lowest BCUT2D eigenvalue weighted by Crippen LogP contribution is -2.24. The summed E-state index contributed by atoms with van der Waals surface area (Å²) < 4.78 is 0. The summed E-state index contributed by atoms with van der Waals surface area (Å²) >= 11 is 18.1. The molecule has 2 aromatic rings. The summed E-state index contributed by atoms with van der Waals surface area (Å²) in [5.41, 5.74) is 2.80. The number of carbonyl (C=O) groups excluding carboxylic acids is 1. The fourth-order valence-corrected chi connectivity index (χ4v) is 3.01. The number of hydrazone groups is 1. The maximum Gasteiger partial charge on any atom is 0.275 e. The van der Waals surface area contributed by atoms with Gasteiger partial charge in [-0.05, 0) is 42.8 Å². The highest BCUT2D eigenvalue weighted by molar-refractivity contribution is 6.36. The van der Waals surface area contributed by atoms with Crippen LogP contribution in [0.25, 0.3) is 0 Å². The first-order chi connectivity index (χ1) is 11.9. The third-order valence-electron chi connectivity index (χ3n) is 3.62. The SMILES string of the molecule is CC/C(=N\N(C)C(=O)c1ccc(Cl)cc1Cl)c1cc(Cl)ccc1NC. The fourth-order valence-electron chi connectivity index (χ4n) is 2.35. The molecule has 0 aliphatic heterocycles. The zero-order valence-electron chi connectivity index (χ0n) is 14.1. The fraction of sp³-hybridized carbons (Fsp3) is 0.222. The van der Waals surface area contributed by atoms with Crippen LogP contribution in [0.1, 0.15) is 29.3 Å². The molecule has 0 heterocycles. The van der Waals surface area contributed by atoms with Gasteiger partial charge in [0, 0.05) is 35.4 Å². The van der Waals surface area contributed by atoms with Gasteiger partial charge in [0.1, 0.15) is 0 Å². The van der Waals surface area contributed by atoms with Gasteiger partial charge >= 0.3 is 0 Å². The molecule has 0 aliphatic carbocycles. The van der Waals surface area contributed by atoms with E-state index in [4.69, 9.17) is 34.8 Å². The zero-order chi connectivity index (χ0) is 18.6. The number of amides is 1. The van der Waals surface area contributed by atoms with Crippen LogP contribution in [-0.4, -0.2) is 30.7 Å². The Kier molecular flexibility index (Phi) is 6.71. The highest BCUT2D eigenvalue weighted by Crippen LogP contribution is 2.24. The van der Waals surface area contributed by atoms with Crippen LogP contribution in [-0.2, 0) is 0 Å². The van der Waals surface area contributed by atoms with Crippen molar-refractivity contribution in [2.75, 3.05) is 19.4 Å². The van der Waals surface area contributed by atoms with Crippen LogP contribution in [0, 0.1) is 0 Å². The van der Waals surface area contributed by atoms with Crippen LogP contribution in [0.2, 0.25) is 15.1 Å². The molecule has 0 saturated heterocycles. The maximum atomic E-state index is 12.6. The Bertz CT molecular complexity index is 821. The molecule has 132 valence electrons. The van der Waals surface area contributed by atoms with E-state index in [0.29, 0.717) is 22.0 Å². The molecule has 1 N–H and O–H groups in total. The van der Waals surface area contributed by atoms with Gasteiger partial charge in [0.05, 0.1) is 16.3 Å². The second-order valence-electron chi connectivity index (χ2n) is 5.29. The van der Waals surface area contributed by atoms with Crippen molar-refractivity contribution >= 4 is 52.1 Å². The van der Waals surface area contributed by atoms with Crippen molar-refractivity contribution < 1.29 is 4.79 Å². The van der Waals surface area contributed by atoms with E-state index >= 15 is 0 Å². The summed E-state index contributed by atoms with van der Waals surface area (Å²) in [5, 5.41) is 10.2. The third-order valence-corrected chi connectivity index (χ3v) is 4.41. The molecule has 4 nitrogen and oxygen atoms in total. The van der Waals surface area contributed by atoms with Crippen LogP contribution < -0.4 is 5.32 Å². The van der Waals surface area contributed by atoms with Gasteiger partial charge in [0.2, 0.25) is 0 Å². The molecule has 0 fully saturated rings. The van der Waals surface area contributed by atoms with Crippen LogP contribution in [0.3, 0.4) is 0 Å². The molecule has 7 heteroatoms. The Balaban J connectivity index is 2.39. The van der Waals surface area contributed by atoms with E-state index in [1.165, 1.54) is 11.1 Å². The molecular formula is C18H18Cl3N3O. The Morgan fingerprint density at radius 2 is 1.72 bits per heavy atom. The number of rotatable bonds is 5. The maximum absolute atomic E-state index is 12.6. The van der Waals surface area contributed by atoms with Gasteiger partial charge < -0.3 is 5.32 Å². The lowest BCUT2D eigenvalue weighted by atomic mass is 10.1. The van der Waals surface area contributed by atoms with Gasteiger partial charge in [0.25, 0.3) is 5.91 Å². The number of benzene rings is 2. The van der Waals surface area contributed by atoms with E-state index in [2.05, 4.69) is 10.4 Å². The normalized spacial score (nSPS) is 11.4. The molecule has 0 unspecified atom stereocenters. The Hall–Kier alpha value is -1.75. The second kappa shape index (κ2) is 8.56. The van der Waals surface area contributed by atoms with Gasteiger partial charge in [-0.15, -0.1) is 0 Å². The van der Waals surface area contributed by atoms with Crippen LogP contribution in [0.4, 0.5) is 5.69 Å². The first kappa shape index (κ1) is 19.6. The Morgan fingerprint density at radius 3 is 2.32 bits per heavy atom. The number of carbonyl (C=O) groups is 1. The van der Waals surface area contributed by atoms with E-state index < -0.39 is 0 Å². The number of hydrogen-bond acceptors (Lipinski definition) is 3. The van der Waals surface area contributed by atoms with Gasteiger partial charge in [0.15, 0.2) is 0 Å². The van der Waals surface area contributed by atoms with Crippen molar-refractivity contribution in [3.05, 3.63) is 62.6 Å². The lowest BCUT2D eigenvalue weighted by Gasteiger charge is -2.17. The third kappa shape index (κ3) is 4.66. The van der Waals surface area contributed by atoms with E-state index in [9.17, 15) is 4.79 Å². The van der Waals surface area contributed by atoms with Crippen LogP contribution >= 0.6 is 34.8 Å². The molecule has 0 radical (unpaired) electrons. The van der Waals surface area contributed by atoms with Crippen LogP contribution in [0.5, 0.6) is 0 Å². The van der Waals surface area contributed by atoms with E-state index in [-0.39, 0.29) is 10.9 Å². The number of nitrogens with zero attached hydrogens (tertiary/aromatic N) is 2. The molecule has 0 spiro atoms.